The van der Waals surface area contributed by atoms with Gasteiger partial charge < -0.3 is 19.1 Å². The second-order valence-electron chi connectivity index (χ2n) is 11.3. The molecule has 3 aromatic rings. The molecule has 0 aliphatic rings. The van der Waals surface area contributed by atoms with E-state index in [1.54, 1.807) is 11.9 Å². The van der Waals surface area contributed by atoms with Crippen LogP contribution in [0.3, 0.4) is 0 Å². The quantitative estimate of drug-likeness (QED) is 0.312. The van der Waals surface area contributed by atoms with E-state index < -0.39 is 29.4 Å². The van der Waals surface area contributed by atoms with Gasteiger partial charge in [-0.1, -0.05) is 72.8 Å². The van der Waals surface area contributed by atoms with Crippen molar-refractivity contribution in [3.05, 3.63) is 83.9 Å². The number of hydrogen-bond acceptors (Lipinski definition) is 5. The van der Waals surface area contributed by atoms with E-state index in [4.69, 9.17) is 14.2 Å². The first-order chi connectivity index (χ1) is 17.3. The highest BCUT2D eigenvalue weighted by atomic mass is 16.6. The lowest BCUT2D eigenvalue weighted by Gasteiger charge is -2.33. The number of nitrogens with zero attached hydrogens (tertiary/aromatic N) is 1. The van der Waals surface area contributed by atoms with Crippen molar-refractivity contribution in [1.29, 1.82) is 0 Å². The lowest BCUT2D eigenvalue weighted by Crippen LogP contribution is -2.38. The fourth-order valence-corrected chi connectivity index (χ4v) is 4.14. The summed E-state index contributed by atoms with van der Waals surface area (Å²) in [6.07, 6.45) is -0.933. The molecule has 0 fully saturated rings. The highest BCUT2D eigenvalue weighted by Gasteiger charge is 2.31. The van der Waals surface area contributed by atoms with Crippen molar-refractivity contribution < 1.29 is 23.8 Å². The van der Waals surface area contributed by atoms with Crippen molar-refractivity contribution in [1.82, 2.24) is 4.90 Å². The summed E-state index contributed by atoms with van der Waals surface area (Å²) in [7, 11) is 1.72. The summed E-state index contributed by atoms with van der Waals surface area (Å²) in [4.78, 5) is 27.1. The number of rotatable bonds is 8. The molecule has 0 saturated carbocycles. The molecule has 6 heteroatoms. The molecule has 0 bridgehead atoms. The summed E-state index contributed by atoms with van der Waals surface area (Å²) >= 11 is 0. The van der Waals surface area contributed by atoms with Crippen molar-refractivity contribution in [2.45, 2.75) is 64.8 Å². The number of likely N-dealkylation sites (N-methyl/N-ethyl adjacent to an activating group) is 1. The highest BCUT2D eigenvalue weighted by molar-refractivity contribution is 5.83. The molecule has 198 valence electrons. The van der Waals surface area contributed by atoms with Gasteiger partial charge in [-0.15, -0.1) is 0 Å². The van der Waals surface area contributed by atoms with Crippen molar-refractivity contribution in [3.8, 4) is 0 Å². The van der Waals surface area contributed by atoms with Gasteiger partial charge in [-0.05, 0) is 63.4 Å². The van der Waals surface area contributed by atoms with E-state index in [1.807, 2.05) is 84.0 Å². The van der Waals surface area contributed by atoms with E-state index in [0.717, 1.165) is 21.9 Å². The molecular formula is C31H39NO5. The van der Waals surface area contributed by atoms with Crippen LogP contribution < -0.4 is 0 Å². The molecule has 0 spiro atoms. The Kier molecular flexibility index (Phi) is 8.98. The zero-order valence-corrected chi connectivity index (χ0v) is 23.0. The average Bonchev–Trinajstić information content (AvgIpc) is 2.81. The van der Waals surface area contributed by atoms with Gasteiger partial charge in [-0.2, -0.15) is 0 Å². The number of esters is 1. The molecule has 3 rings (SSSR count). The Morgan fingerprint density at radius 3 is 1.97 bits per heavy atom. The maximum Gasteiger partial charge on any atom is 0.410 e. The number of carbonyl (C=O) groups excluding carboxylic acids is 2. The number of benzene rings is 3. The van der Waals surface area contributed by atoms with Gasteiger partial charge in [0.25, 0.3) is 0 Å². The van der Waals surface area contributed by atoms with Crippen LogP contribution in [0, 0.1) is 0 Å². The zero-order chi connectivity index (χ0) is 27.2. The zero-order valence-electron chi connectivity index (χ0n) is 23.0. The number of fused-ring (bicyclic) bond motifs is 1. The molecule has 0 radical (unpaired) electrons. The van der Waals surface area contributed by atoms with Gasteiger partial charge >= 0.3 is 12.1 Å². The molecule has 3 aromatic carbocycles. The monoisotopic (exact) mass is 505 g/mol. The van der Waals surface area contributed by atoms with Gasteiger partial charge in [-0.25, -0.2) is 9.59 Å². The van der Waals surface area contributed by atoms with Crippen LogP contribution in [-0.4, -0.2) is 48.4 Å². The van der Waals surface area contributed by atoms with E-state index >= 15 is 0 Å². The predicted octanol–water partition coefficient (Wildman–Crippen LogP) is 6.89. The minimum atomic E-state index is -0.615. The standard InChI is InChI=1S/C31H39NO5/c1-30(2,3)36-27(33)21-35-28(23-14-9-8-10-15-23)26(20-32(7)29(34)37-31(4,5)6)25-18-17-22-13-11-12-16-24(22)19-25/h8-19,26,28H,20-21H2,1-7H3/t26-,28-/m0/s1. The molecule has 0 aliphatic heterocycles. The summed E-state index contributed by atoms with van der Waals surface area (Å²) < 4.78 is 17.4. The van der Waals surface area contributed by atoms with E-state index in [1.165, 1.54) is 0 Å². The number of hydrogen-bond donors (Lipinski definition) is 0. The molecule has 0 N–H and O–H groups in total. The molecule has 0 heterocycles. The summed E-state index contributed by atoms with van der Waals surface area (Å²) in [5.74, 6) is -0.724. The topological polar surface area (TPSA) is 65.1 Å². The largest absolute Gasteiger partial charge is 0.458 e. The first-order valence-electron chi connectivity index (χ1n) is 12.6. The molecule has 37 heavy (non-hydrogen) atoms. The Bertz CT molecular complexity index is 1190. The molecule has 0 aromatic heterocycles. The third-order valence-electron chi connectivity index (χ3n) is 5.67. The van der Waals surface area contributed by atoms with Gasteiger partial charge in [-0.3, -0.25) is 0 Å². The van der Waals surface area contributed by atoms with Gasteiger partial charge in [0.15, 0.2) is 0 Å². The second kappa shape index (κ2) is 11.8. The molecule has 0 unspecified atom stereocenters. The number of ether oxygens (including phenoxy) is 3. The summed E-state index contributed by atoms with van der Waals surface area (Å²) in [6.45, 7) is 11.1. The average molecular weight is 506 g/mol. The van der Waals surface area contributed by atoms with Crippen LogP contribution in [0.15, 0.2) is 72.8 Å². The smallest absolute Gasteiger partial charge is 0.410 e. The molecule has 1 amide bonds. The third kappa shape index (κ3) is 8.60. The van der Waals surface area contributed by atoms with Crippen molar-refractivity contribution in [2.75, 3.05) is 20.2 Å². The maximum atomic E-state index is 12.9. The second-order valence-corrected chi connectivity index (χ2v) is 11.3. The van der Waals surface area contributed by atoms with Crippen LogP contribution in [-0.2, 0) is 19.0 Å². The Hall–Kier alpha value is -3.38. The fourth-order valence-electron chi connectivity index (χ4n) is 4.14. The van der Waals surface area contributed by atoms with Crippen LogP contribution >= 0.6 is 0 Å². The van der Waals surface area contributed by atoms with Gasteiger partial charge in [0.05, 0.1) is 6.10 Å². The SMILES string of the molecule is CN(C[C@@H](c1ccc2ccccc2c1)[C@@H](OCC(=O)OC(C)(C)C)c1ccccc1)C(=O)OC(C)(C)C. The van der Waals surface area contributed by atoms with Crippen LogP contribution in [0.4, 0.5) is 4.79 Å². The van der Waals surface area contributed by atoms with E-state index in [9.17, 15) is 9.59 Å². The lowest BCUT2D eigenvalue weighted by molar-refractivity contribution is -0.163. The first-order valence-corrected chi connectivity index (χ1v) is 12.6. The minimum Gasteiger partial charge on any atom is -0.458 e. The van der Waals surface area contributed by atoms with Gasteiger partial charge in [0.2, 0.25) is 0 Å². The predicted molar refractivity (Wildman–Crippen MR) is 147 cm³/mol. The molecule has 0 aliphatic carbocycles. The fraction of sp³-hybridized carbons (Fsp3) is 0.419. The van der Waals surface area contributed by atoms with Crippen LogP contribution in [0.25, 0.3) is 10.8 Å². The minimum absolute atomic E-state index is 0.211. The number of amides is 1. The van der Waals surface area contributed by atoms with Gasteiger partial charge in [0.1, 0.15) is 17.8 Å². The molecule has 6 nitrogen and oxygen atoms in total. The van der Waals surface area contributed by atoms with Gasteiger partial charge in [0, 0.05) is 19.5 Å². The Morgan fingerprint density at radius 1 is 0.757 bits per heavy atom. The summed E-state index contributed by atoms with van der Waals surface area (Å²) in [5, 5.41) is 2.21. The van der Waals surface area contributed by atoms with Crippen LogP contribution in [0.2, 0.25) is 0 Å². The maximum absolute atomic E-state index is 12.9. The third-order valence-corrected chi connectivity index (χ3v) is 5.67. The molecule has 2 atom stereocenters. The highest BCUT2D eigenvalue weighted by Crippen LogP contribution is 2.36. The van der Waals surface area contributed by atoms with Crippen molar-refractivity contribution in [3.63, 3.8) is 0 Å². The van der Waals surface area contributed by atoms with E-state index in [-0.39, 0.29) is 12.5 Å². The van der Waals surface area contributed by atoms with E-state index in [2.05, 4.69) is 30.3 Å². The normalized spacial score (nSPS) is 13.6. The Morgan fingerprint density at radius 2 is 1.35 bits per heavy atom. The number of carbonyl (C=O) groups is 2. The van der Waals surface area contributed by atoms with Crippen LogP contribution in [0.5, 0.6) is 0 Å². The van der Waals surface area contributed by atoms with E-state index in [0.29, 0.717) is 6.54 Å². The summed E-state index contributed by atoms with van der Waals surface area (Å²) in [6, 6.07) is 24.1. The summed E-state index contributed by atoms with van der Waals surface area (Å²) in [5.41, 5.74) is 0.668. The molecular weight excluding hydrogens is 466 g/mol. The lowest BCUT2D eigenvalue weighted by atomic mass is 9.87. The Labute approximate surface area is 220 Å². The van der Waals surface area contributed by atoms with Crippen molar-refractivity contribution in [2.24, 2.45) is 0 Å². The first kappa shape index (κ1) is 28.2. The van der Waals surface area contributed by atoms with Crippen molar-refractivity contribution >= 4 is 22.8 Å². The van der Waals surface area contributed by atoms with Crippen LogP contribution in [0.1, 0.15) is 64.7 Å². The Balaban J connectivity index is 2.00. The molecule has 0 saturated heterocycles.